The molecule has 0 aromatic heterocycles. The van der Waals surface area contributed by atoms with Gasteiger partial charge in [-0.25, -0.2) is 17.6 Å². The molecule has 1 unspecified atom stereocenters. The van der Waals surface area contributed by atoms with Crippen LogP contribution in [0.4, 0.5) is 17.6 Å². The maximum absolute atomic E-state index is 15.1. The molecule has 0 bridgehead atoms. The van der Waals surface area contributed by atoms with Crippen LogP contribution in [0.5, 0.6) is 0 Å². The second-order valence-electron chi connectivity index (χ2n) is 9.88. The lowest BCUT2D eigenvalue weighted by Crippen LogP contribution is -2.06. The number of benzene rings is 3. The Labute approximate surface area is 212 Å². The smallest absolute Gasteiger partial charge is 0.167 e. The molecule has 0 spiro atoms. The van der Waals surface area contributed by atoms with Crippen molar-refractivity contribution in [1.82, 2.24) is 0 Å². The highest BCUT2D eigenvalue weighted by Gasteiger charge is 2.21. The van der Waals surface area contributed by atoms with Gasteiger partial charge in [-0.2, -0.15) is 0 Å². The molecule has 4 heteroatoms. The summed E-state index contributed by atoms with van der Waals surface area (Å²) in [6.45, 7) is 4.23. The maximum Gasteiger partial charge on any atom is 0.167 e. The van der Waals surface area contributed by atoms with Gasteiger partial charge in [-0.3, -0.25) is 0 Å². The molecule has 190 valence electrons. The Morgan fingerprint density at radius 2 is 1.25 bits per heavy atom. The minimum atomic E-state index is -0.884. The number of halogens is 4. The molecule has 36 heavy (non-hydrogen) atoms. The third-order valence-corrected chi connectivity index (χ3v) is 7.36. The van der Waals surface area contributed by atoms with E-state index in [0.717, 1.165) is 56.9 Å². The molecule has 1 aliphatic rings. The summed E-state index contributed by atoms with van der Waals surface area (Å²) in [5.41, 5.74) is 2.87. The normalized spacial score (nSPS) is 15.7. The van der Waals surface area contributed by atoms with Crippen LogP contribution in [-0.4, -0.2) is 0 Å². The van der Waals surface area contributed by atoms with Gasteiger partial charge < -0.3 is 0 Å². The molecule has 1 aliphatic carbocycles. The zero-order chi connectivity index (χ0) is 25.7. The van der Waals surface area contributed by atoms with E-state index in [1.54, 1.807) is 48.5 Å². The molecule has 0 fully saturated rings. The van der Waals surface area contributed by atoms with E-state index in [2.05, 4.69) is 19.9 Å². The van der Waals surface area contributed by atoms with E-state index >= 15 is 8.78 Å². The SMILES string of the molecule is CCCCCc1ccc(-c2ccc(-c3ccc(C4=CCC(CCC)CC4)c(F)c3F)cc2)c(F)c1F. The lowest BCUT2D eigenvalue weighted by atomic mass is 9.84. The van der Waals surface area contributed by atoms with Gasteiger partial charge in [0.25, 0.3) is 0 Å². The van der Waals surface area contributed by atoms with Crippen LogP contribution in [0.2, 0.25) is 0 Å². The Bertz CT molecular complexity index is 1220. The first-order chi connectivity index (χ1) is 17.4. The monoisotopic (exact) mass is 494 g/mol. The fourth-order valence-corrected chi connectivity index (χ4v) is 5.22. The number of unbranched alkanes of at least 4 members (excludes halogenated alkanes) is 2. The average Bonchev–Trinajstić information content (AvgIpc) is 2.89. The van der Waals surface area contributed by atoms with Crippen molar-refractivity contribution in [1.29, 1.82) is 0 Å². The first-order valence-electron chi connectivity index (χ1n) is 13.2. The lowest BCUT2D eigenvalue weighted by Gasteiger charge is -2.22. The van der Waals surface area contributed by atoms with Gasteiger partial charge in [0.2, 0.25) is 0 Å². The molecule has 0 nitrogen and oxygen atoms in total. The van der Waals surface area contributed by atoms with Crippen molar-refractivity contribution < 1.29 is 17.6 Å². The van der Waals surface area contributed by atoms with Crippen LogP contribution in [0.1, 0.15) is 76.3 Å². The number of hydrogen-bond acceptors (Lipinski definition) is 0. The fourth-order valence-electron chi connectivity index (χ4n) is 5.22. The summed E-state index contributed by atoms with van der Waals surface area (Å²) in [5, 5.41) is 0. The van der Waals surface area contributed by atoms with Gasteiger partial charge >= 0.3 is 0 Å². The average molecular weight is 495 g/mol. The van der Waals surface area contributed by atoms with E-state index in [1.807, 2.05) is 0 Å². The van der Waals surface area contributed by atoms with Crippen LogP contribution in [-0.2, 0) is 6.42 Å². The lowest BCUT2D eigenvalue weighted by molar-refractivity contribution is 0.443. The zero-order valence-electron chi connectivity index (χ0n) is 21.1. The van der Waals surface area contributed by atoms with Crippen molar-refractivity contribution in [2.75, 3.05) is 0 Å². The van der Waals surface area contributed by atoms with Crippen LogP contribution in [0, 0.1) is 29.2 Å². The van der Waals surface area contributed by atoms with E-state index in [0.29, 0.717) is 34.6 Å². The van der Waals surface area contributed by atoms with Gasteiger partial charge in [0.1, 0.15) is 0 Å². The van der Waals surface area contributed by atoms with E-state index in [1.165, 1.54) is 0 Å². The van der Waals surface area contributed by atoms with Gasteiger partial charge in [-0.05, 0) is 60.3 Å². The molecule has 4 rings (SSSR count). The fraction of sp³-hybridized carbons (Fsp3) is 0.375. The van der Waals surface area contributed by atoms with Crippen molar-refractivity contribution in [3.8, 4) is 22.3 Å². The highest BCUT2D eigenvalue weighted by molar-refractivity contribution is 5.74. The zero-order valence-corrected chi connectivity index (χ0v) is 21.1. The first kappa shape index (κ1) is 26.2. The molecular formula is C32H34F4. The molecule has 0 saturated heterocycles. The summed E-state index contributed by atoms with van der Waals surface area (Å²) < 4.78 is 59.6. The standard InChI is InChI=1S/C32H34F4/c1-3-5-6-8-25-17-18-26(30(34)29(25)33)23-13-15-24(16-14-23)28-20-19-27(31(35)32(28)36)22-11-9-21(7-4-2)10-12-22/h11,13-21H,3-10,12H2,1-2H3. The molecule has 0 amide bonds. The molecule has 0 saturated carbocycles. The molecule has 0 heterocycles. The van der Waals surface area contributed by atoms with Crippen LogP contribution in [0.25, 0.3) is 27.8 Å². The number of hydrogen-bond donors (Lipinski definition) is 0. The summed E-state index contributed by atoms with van der Waals surface area (Å²) >= 11 is 0. The molecule has 0 aliphatic heterocycles. The number of rotatable bonds is 9. The largest absolute Gasteiger partial charge is 0.203 e. The summed E-state index contributed by atoms with van der Waals surface area (Å²) in [7, 11) is 0. The van der Waals surface area contributed by atoms with Crippen molar-refractivity contribution >= 4 is 5.57 Å². The van der Waals surface area contributed by atoms with Gasteiger partial charge in [-0.15, -0.1) is 0 Å². The molecule has 0 N–H and O–H groups in total. The van der Waals surface area contributed by atoms with Crippen LogP contribution < -0.4 is 0 Å². The summed E-state index contributed by atoms with van der Waals surface area (Å²) in [6.07, 6.45) is 10.3. The Kier molecular flexibility index (Phi) is 8.66. The predicted octanol–water partition coefficient (Wildman–Crippen LogP) is 10.3. The Morgan fingerprint density at radius 1 is 0.667 bits per heavy atom. The second-order valence-corrected chi connectivity index (χ2v) is 9.88. The molecule has 0 radical (unpaired) electrons. The van der Waals surface area contributed by atoms with Crippen molar-refractivity contribution in [3.63, 3.8) is 0 Å². The third-order valence-electron chi connectivity index (χ3n) is 7.36. The highest BCUT2D eigenvalue weighted by Crippen LogP contribution is 2.37. The van der Waals surface area contributed by atoms with Gasteiger partial charge in [0, 0.05) is 16.7 Å². The Balaban J connectivity index is 1.55. The quantitative estimate of drug-likeness (QED) is 0.205. The highest BCUT2D eigenvalue weighted by atomic mass is 19.2. The number of aryl methyl sites for hydroxylation is 1. The topological polar surface area (TPSA) is 0 Å². The van der Waals surface area contributed by atoms with Crippen molar-refractivity contribution in [3.05, 3.63) is 89.0 Å². The number of allylic oxidation sites excluding steroid dienone is 2. The molecule has 3 aromatic rings. The minimum Gasteiger partial charge on any atom is -0.203 e. The van der Waals surface area contributed by atoms with Crippen LogP contribution in [0.15, 0.2) is 54.6 Å². The van der Waals surface area contributed by atoms with E-state index < -0.39 is 23.3 Å². The van der Waals surface area contributed by atoms with Crippen LogP contribution >= 0.6 is 0 Å². The maximum atomic E-state index is 15.1. The molecule has 1 atom stereocenters. The summed E-state index contributed by atoms with van der Waals surface area (Å²) in [6, 6.07) is 13.0. The van der Waals surface area contributed by atoms with Crippen molar-refractivity contribution in [2.24, 2.45) is 5.92 Å². The second kappa shape index (κ2) is 11.9. The van der Waals surface area contributed by atoms with Crippen molar-refractivity contribution in [2.45, 2.75) is 71.6 Å². The van der Waals surface area contributed by atoms with Gasteiger partial charge in [0.15, 0.2) is 23.3 Å². The van der Waals surface area contributed by atoms with Crippen LogP contribution in [0.3, 0.4) is 0 Å². The predicted molar refractivity (Wildman–Crippen MR) is 141 cm³/mol. The molecule has 3 aromatic carbocycles. The first-order valence-corrected chi connectivity index (χ1v) is 13.2. The summed E-state index contributed by atoms with van der Waals surface area (Å²) in [4.78, 5) is 0. The van der Waals surface area contributed by atoms with Gasteiger partial charge in [-0.1, -0.05) is 94.1 Å². The van der Waals surface area contributed by atoms with E-state index in [4.69, 9.17) is 0 Å². The van der Waals surface area contributed by atoms with E-state index in [9.17, 15) is 8.78 Å². The Morgan fingerprint density at radius 3 is 1.83 bits per heavy atom. The summed E-state index contributed by atoms with van der Waals surface area (Å²) in [5.74, 6) is -2.77. The van der Waals surface area contributed by atoms with E-state index in [-0.39, 0.29) is 11.1 Å². The van der Waals surface area contributed by atoms with Gasteiger partial charge in [0.05, 0.1) is 0 Å². The third kappa shape index (κ3) is 5.58. The minimum absolute atomic E-state index is 0.154. The molecular weight excluding hydrogens is 460 g/mol. The Hall–Kier alpha value is -2.88.